The van der Waals surface area contributed by atoms with E-state index in [2.05, 4.69) is 81.6 Å². The van der Waals surface area contributed by atoms with Gasteiger partial charge in [0, 0.05) is 80.4 Å². The van der Waals surface area contributed by atoms with E-state index in [9.17, 15) is 4.79 Å². The molecule has 0 saturated carbocycles. The fourth-order valence-corrected chi connectivity index (χ4v) is 5.31. The zero-order valence-electron chi connectivity index (χ0n) is 19.2. The third kappa shape index (κ3) is 5.90. The highest BCUT2D eigenvalue weighted by Crippen LogP contribution is 2.25. The summed E-state index contributed by atoms with van der Waals surface area (Å²) in [7, 11) is 0. The highest BCUT2D eigenvalue weighted by atomic mass is 32.2. The van der Waals surface area contributed by atoms with E-state index in [0.717, 1.165) is 50.5 Å². The summed E-state index contributed by atoms with van der Waals surface area (Å²) in [5.41, 5.74) is 4.51. The van der Waals surface area contributed by atoms with Crippen molar-refractivity contribution in [3.63, 3.8) is 0 Å². The number of rotatable bonds is 6. The van der Waals surface area contributed by atoms with Gasteiger partial charge in [-0.3, -0.25) is 4.90 Å². The van der Waals surface area contributed by atoms with Gasteiger partial charge in [-0.15, -0.1) is 0 Å². The van der Waals surface area contributed by atoms with Crippen molar-refractivity contribution < 1.29 is 4.79 Å². The first-order valence-electron chi connectivity index (χ1n) is 11.6. The molecule has 2 aromatic rings. The predicted molar refractivity (Wildman–Crippen MR) is 137 cm³/mol. The summed E-state index contributed by atoms with van der Waals surface area (Å²) < 4.78 is 0. The van der Waals surface area contributed by atoms with Gasteiger partial charge in [-0.2, -0.15) is 11.8 Å². The van der Waals surface area contributed by atoms with Gasteiger partial charge < -0.3 is 20.4 Å². The van der Waals surface area contributed by atoms with Crippen molar-refractivity contribution in [1.82, 2.24) is 10.2 Å². The smallest absolute Gasteiger partial charge is 0.319 e. The summed E-state index contributed by atoms with van der Waals surface area (Å²) in [5.74, 6) is 2.36. The summed E-state index contributed by atoms with van der Waals surface area (Å²) >= 11 is 2.01. The molecule has 2 N–H and O–H groups in total. The Bertz CT molecular complexity index is 879. The van der Waals surface area contributed by atoms with Crippen LogP contribution in [0.3, 0.4) is 0 Å². The largest absolute Gasteiger partial charge is 0.370 e. The number of piperazine rings is 1. The molecule has 1 atom stereocenters. The Labute approximate surface area is 196 Å². The molecular weight excluding hydrogens is 418 g/mol. The Morgan fingerprint density at radius 2 is 1.62 bits per heavy atom. The Morgan fingerprint density at radius 3 is 2.31 bits per heavy atom. The molecule has 2 aliphatic heterocycles. The molecule has 1 unspecified atom stereocenters. The molecule has 2 aliphatic rings. The Hall–Kier alpha value is -2.38. The van der Waals surface area contributed by atoms with Crippen LogP contribution in [-0.4, -0.2) is 74.3 Å². The van der Waals surface area contributed by atoms with E-state index in [0.29, 0.717) is 12.6 Å². The van der Waals surface area contributed by atoms with Crippen LogP contribution in [0.1, 0.15) is 12.5 Å². The monoisotopic (exact) mass is 453 g/mol. The number of nitrogens with one attached hydrogen (secondary N) is 2. The van der Waals surface area contributed by atoms with Gasteiger partial charge in [-0.25, -0.2) is 4.79 Å². The number of anilines is 3. The van der Waals surface area contributed by atoms with Gasteiger partial charge in [-0.05, 0) is 49.7 Å². The number of benzene rings is 2. The molecule has 2 saturated heterocycles. The molecule has 0 bridgehead atoms. The summed E-state index contributed by atoms with van der Waals surface area (Å²) in [6, 6.07) is 17.1. The van der Waals surface area contributed by atoms with Crippen molar-refractivity contribution in [2.75, 3.05) is 72.4 Å². The summed E-state index contributed by atoms with van der Waals surface area (Å²) in [4.78, 5) is 19.8. The molecular formula is C25H35N5OS. The summed E-state index contributed by atoms with van der Waals surface area (Å²) in [6.45, 7) is 11.1. The lowest BCUT2D eigenvalue weighted by Crippen LogP contribution is -2.52. The summed E-state index contributed by atoms with van der Waals surface area (Å²) in [6.07, 6.45) is 0. The van der Waals surface area contributed by atoms with Gasteiger partial charge in [-0.1, -0.05) is 18.2 Å². The first kappa shape index (κ1) is 22.8. The number of urea groups is 1. The van der Waals surface area contributed by atoms with E-state index in [1.165, 1.54) is 22.9 Å². The average Bonchev–Trinajstić information content (AvgIpc) is 2.85. The average molecular weight is 454 g/mol. The van der Waals surface area contributed by atoms with Crippen molar-refractivity contribution in [3.8, 4) is 0 Å². The minimum Gasteiger partial charge on any atom is -0.370 e. The summed E-state index contributed by atoms with van der Waals surface area (Å²) in [5, 5.41) is 6.09. The van der Waals surface area contributed by atoms with Crippen LogP contribution in [0.25, 0.3) is 0 Å². The van der Waals surface area contributed by atoms with Gasteiger partial charge in [0.15, 0.2) is 0 Å². The van der Waals surface area contributed by atoms with Crippen LogP contribution >= 0.6 is 11.8 Å². The molecule has 4 rings (SSSR count). The lowest BCUT2D eigenvalue weighted by molar-refractivity contribution is 0.192. The van der Waals surface area contributed by atoms with E-state index < -0.39 is 0 Å². The van der Waals surface area contributed by atoms with Crippen LogP contribution in [0.4, 0.5) is 21.9 Å². The molecule has 6 nitrogen and oxygen atoms in total. The zero-order chi connectivity index (χ0) is 22.3. The minimum absolute atomic E-state index is 0.134. The molecule has 0 radical (unpaired) electrons. The maximum atomic E-state index is 12.5. The van der Waals surface area contributed by atoms with E-state index in [1.54, 1.807) is 0 Å². The Kier molecular flexibility index (Phi) is 7.81. The number of carbonyl (C=O) groups is 1. The zero-order valence-corrected chi connectivity index (χ0v) is 20.0. The molecule has 7 heteroatoms. The molecule has 2 amide bonds. The van der Waals surface area contributed by atoms with Crippen LogP contribution < -0.4 is 20.4 Å². The highest BCUT2D eigenvalue weighted by Gasteiger charge is 2.21. The lowest BCUT2D eigenvalue weighted by atomic mass is 10.1. The molecule has 0 aliphatic carbocycles. The van der Waals surface area contributed by atoms with E-state index in [4.69, 9.17) is 0 Å². The number of hydrogen-bond donors (Lipinski definition) is 2. The van der Waals surface area contributed by atoms with E-state index in [1.807, 2.05) is 17.8 Å². The maximum Gasteiger partial charge on any atom is 0.319 e. The second kappa shape index (κ2) is 11.0. The number of aryl methyl sites for hydroxylation is 1. The number of carbonyl (C=O) groups excluding carboxylic acids is 1. The van der Waals surface area contributed by atoms with Gasteiger partial charge in [0.25, 0.3) is 0 Å². The van der Waals surface area contributed by atoms with Crippen molar-refractivity contribution in [2.24, 2.45) is 0 Å². The second-order valence-corrected chi connectivity index (χ2v) is 9.87. The van der Waals surface area contributed by atoms with E-state index >= 15 is 0 Å². The SMILES string of the molecule is Cc1cc(N2CCSCC2)ccc1NC(=O)NCC(C)N1CCN(c2ccccc2)CC1. The Morgan fingerprint density at radius 1 is 0.938 bits per heavy atom. The number of nitrogens with zero attached hydrogens (tertiary/aromatic N) is 3. The van der Waals surface area contributed by atoms with Crippen molar-refractivity contribution in [1.29, 1.82) is 0 Å². The third-order valence-corrected chi connectivity index (χ3v) is 7.39. The maximum absolute atomic E-state index is 12.5. The van der Waals surface area contributed by atoms with Gasteiger partial charge >= 0.3 is 6.03 Å². The molecule has 32 heavy (non-hydrogen) atoms. The molecule has 0 aromatic heterocycles. The first-order valence-corrected chi connectivity index (χ1v) is 12.8. The van der Waals surface area contributed by atoms with Crippen molar-refractivity contribution >= 4 is 34.9 Å². The predicted octanol–water partition coefficient (Wildman–Crippen LogP) is 3.88. The van der Waals surface area contributed by atoms with E-state index in [-0.39, 0.29) is 6.03 Å². The van der Waals surface area contributed by atoms with Crippen LogP contribution in [0, 0.1) is 6.92 Å². The third-order valence-electron chi connectivity index (χ3n) is 6.45. The molecule has 172 valence electrons. The molecule has 2 fully saturated rings. The minimum atomic E-state index is -0.134. The van der Waals surface area contributed by atoms with Gasteiger partial charge in [0.05, 0.1) is 0 Å². The quantitative estimate of drug-likeness (QED) is 0.695. The Balaban J connectivity index is 1.22. The standard InChI is InChI=1S/C25H35N5OS/c1-20-18-23(30-14-16-32-17-15-30)8-9-24(20)27-25(31)26-19-21(2)28-10-12-29(13-11-28)22-6-4-3-5-7-22/h3-9,18,21H,10-17,19H2,1-2H3,(H2,26,27,31). The lowest BCUT2D eigenvalue weighted by Gasteiger charge is -2.39. The fourth-order valence-electron chi connectivity index (χ4n) is 4.40. The number of thioether (sulfide) groups is 1. The molecule has 2 heterocycles. The number of para-hydroxylation sites is 1. The molecule has 2 aromatic carbocycles. The number of hydrogen-bond acceptors (Lipinski definition) is 5. The van der Waals surface area contributed by atoms with Gasteiger partial charge in [0.2, 0.25) is 0 Å². The fraction of sp³-hybridized carbons (Fsp3) is 0.480. The van der Waals surface area contributed by atoms with Crippen LogP contribution in [0.2, 0.25) is 0 Å². The van der Waals surface area contributed by atoms with Crippen molar-refractivity contribution in [2.45, 2.75) is 19.9 Å². The number of amides is 2. The van der Waals surface area contributed by atoms with Crippen LogP contribution in [0.5, 0.6) is 0 Å². The van der Waals surface area contributed by atoms with Crippen LogP contribution in [-0.2, 0) is 0 Å². The highest BCUT2D eigenvalue weighted by molar-refractivity contribution is 7.99. The normalized spacial score (nSPS) is 18.3. The topological polar surface area (TPSA) is 50.9 Å². The van der Waals surface area contributed by atoms with Crippen molar-refractivity contribution in [3.05, 3.63) is 54.1 Å². The molecule has 0 spiro atoms. The van der Waals surface area contributed by atoms with Crippen LogP contribution in [0.15, 0.2) is 48.5 Å². The first-order chi connectivity index (χ1) is 15.6. The second-order valence-electron chi connectivity index (χ2n) is 8.64. The van der Waals surface area contributed by atoms with Gasteiger partial charge in [0.1, 0.15) is 0 Å².